The third-order valence-corrected chi connectivity index (χ3v) is 4.91. The van der Waals surface area contributed by atoms with Crippen molar-refractivity contribution in [3.05, 3.63) is 28.2 Å². The molecule has 1 aliphatic carbocycles. The molecule has 1 fully saturated rings. The molecule has 0 aromatic heterocycles. The van der Waals surface area contributed by atoms with Crippen LogP contribution in [0, 0.1) is 5.92 Å². The predicted octanol–water partition coefficient (Wildman–Crippen LogP) is 5.21. The van der Waals surface area contributed by atoms with Gasteiger partial charge in [0.15, 0.2) is 0 Å². The second-order valence-corrected chi connectivity index (χ2v) is 6.67. The molecule has 1 atom stereocenters. The highest BCUT2D eigenvalue weighted by atomic mass is 79.9. The van der Waals surface area contributed by atoms with Gasteiger partial charge in [-0.05, 0) is 59.3 Å². The molecule has 0 heterocycles. The molecule has 1 aromatic carbocycles. The van der Waals surface area contributed by atoms with Gasteiger partial charge in [0, 0.05) is 6.04 Å². The number of nitrogens with two attached hydrogens (primary N) is 1. The van der Waals surface area contributed by atoms with E-state index in [4.69, 9.17) is 10.5 Å². The lowest BCUT2D eigenvalue weighted by molar-refractivity contribution is 0.323. The molecule has 2 rings (SSSR count). The molecule has 20 heavy (non-hydrogen) atoms. The van der Waals surface area contributed by atoms with E-state index in [1.807, 2.05) is 13.0 Å². The molecule has 1 unspecified atom stereocenters. The van der Waals surface area contributed by atoms with Crippen molar-refractivity contribution in [3.8, 4) is 5.75 Å². The van der Waals surface area contributed by atoms with Gasteiger partial charge in [-0.15, -0.1) is 0 Å². The summed E-state index contributed by atoms with van der Waals surface area (Å²) < 4.78 is 6.54. The second-order valence-electron chi connectivity index (χ2n) is 5.81. The van der Waals surface area contributed by atoms with Gasteiger partial charge in [0.1, 0.15) is 5.75 Å². The predicted molar refractivity (Wildman–Crippen MR) is 88.0 cm³/mol. The summed E-state index contributed by atoms with van der Waals surface area (Å²) in [5, 5.41) is 0. The molecule has 0 bridgehead atoms. The molecule has 1 saturated carbocycles. The second kappa shape index (κ2) is 8.04. The molecule has 3 heteroatoms. The van der Waals surface area contributed by atoms with Crippen LogP contribution in [0.2, 0.25) is 0 Å². The van der Waals surface area contributed by atoms with E-state index < -0.39 is 0 Å². The lowest BCUT2D eigenvalue weighted by atomic mass is 9.84. The number of rotatable bonds is 6. The van der Waals surface area contributed by atoms with Crippen LogP contribution in [0.25, 0.3) is 0 Å². The molecule has 1 aliphatic rings. The van der Waals surface area contributed by atoms with Crippen LogP contribution in [0.3, 0.4) is 0 Å². The molecular formula is C17H26BrNO. The molecule has 2 N–H and O–H groups in total. The summed E-state index contributed by atoms with van der Waals surface area (Å²) in [7, 11) is 0. The molecule has 0 spiro atoms. The highest BCUT2D eigenvalue weighted by molar-refractivity contribution is 9.10. The highest BCUT2D eigenvalue weighted by Gasteiger charge is 2.16. The van der Waals surface area contributed by atoms with Gasteiger partial charge >= 0.3 is 0 Å². The van der Waals surface area contributed by atoms with Crippen molar-refractivity contribution in [1.82, 2.24) is 0 Å². The molecular weight excluding hydrogens is 314 g/mol. The van der Waals surface area contributed by atoms with Crippen molar-refractivity contribution in [2.75, 3.05) is 6.61 Å². The number of ether oxygens (including phenoxy) is 1. The maximum absolute atomic E-state index is 6.34. The Morgan fingerprint density at radius 1 is 1.30 bits per heavy atom. The Labute approximate surface area is 131 Å². The number of hydrogen-bond donors (Lipinski definition) is 1. The van der Waals surface area contributed by atoms with E-state index in [2.05, 4.69) is 28.1 Å². The van der Waals surface area contributed by atoms with Crippen molar-refractivity contribution >= 4 is 15.9 Å². The molecule has 2 nitrogen and oxygen atoms in total. The first kappa shape index (κ1) is 15.8. The van der Waals surface area contributed by atoms with Crippen molar-refractivity contribution in [3.63, 3.8) is 0 Å². The summed E-state index contributed by atoms with van der Waals surface area (Å²) >= 11 is 3.56. The maximum Gasteiger partial charge on any atom is 0.133 e. The Hall–Kier alpha value is -0.540. The first-order valence-corrected chi connectivity index (χ1v) is 8.67. The summed E-state index contributed by atoms with van der Waals surface area (Å²) in [4.78, 5) is 0. The van der Waals surface area contributed by atoms with Crippen molar-refractivity contribution in [2.24, 2.45) is 11.7 Å². The normalized spacial score (nSPS) is 17.9. The fourth-order valence-corrected chi connectivity index (χ4v) is 3.59. The van der Waals surface area contributed by atoms with Gasteiger partial charge in [0.05, 0.1) is 11.1 Å². The van der Waals surface area contributed by atoms with E-state index in [9.17, 15) is 0 Å². The largest absolute Gasteiger partial charge is 0.493 e. The van der Waals surface area contributed by atoms with E-state index in [0.717, 1.165) is 22.6 Å². The topological polar surface area (TPSA) is 35.2 Å². The Morgan fingerprint density at radius 3 is 2.70 bits per heavy atom. The van der Waals surface area contributed by atoms with Gasteiger partial charge in [-0.3, -0.25) is 0 Å². The molecule has 112 valence electrons. The zero-order valence-electron chi connectivity index (χ0n) is 12.4. The van der Waals surface area contributed by atoms with Crippen LogP contribution >= 0.6 is 15.9 Å². The Kier molecular flexibility index (Phi) is 6.37. The molecule has 0 amide bonds. The summed E-state index contributed by atoms with van der Waals surface area (Å²) in [6.07, 6.45) is 9.41. The van der Waals surface area contributed by atoms with Crippen LogP contribution in [0.4, 0.5) is 0 Å². The van der Waals surface area contributed by atoms with E-state index >= 15 is 0 Å². The van der Waals surface area contributed by atoms with Gasteiger partial charge in [0.25, 0.3) is 0 Å². The molecule has 0 aliphatic heterocycles. The summed E-state index contributed by atoms with van der Waals surface area (Å²) in [5.41, 5.74) is 7.55. The fourth-order valence-electron chi connectivity index (χ4n) is 3.08. The summed E-state index contributed by atoms with van der Waals surface area (Å²) in [6.45, 7) is 2.68. The van der Waals surface area contributed by atoms with Gasteiger partial charge in [-0.2, -0.15) is 0 Å². The standard InChI is InChI=1S/C17H26BrNO/c1-2-20-17-11-9-14(12-15(17)18)16(19)10-8-13-6-4-3-5-7-13/h9,11-13,16H,2-8,10,19H2,1H3. The number of halogens is 1. The van der Waals surface area contributed by atoms with Crippen LogP contribution in [-0.4, -0.2) is 6.61 Å². The quantitative estimate of drug-likeness (QED) is 0.772. The minimum Gasteiger partial charge on any atom is -0.493 e. The van der Waals surface area contributed by atoms with Crippen molar-refractivity contribution in [2.45, 2.75) is 57.9 Å². The summed E-state index contributed by atoms with van der Waals surface area (Å²) in [5.74, 6) is 1.80. The summed E-state index contributed by atoms with van der Waals surface area (Å²) in [6, 6.07) is 6.37. The van der Waals surface area contributed by atoms with Gasteiger partial charge in [-0.25, -0.2) is 0 Å². The van der Waals surface area contributed by atoms with Crippen LogP contribution in [-0.2, 0) is 0 Å². The average molecular weight is 340 g/mol. The van der Waals surface area contributed by atoms with E-state index in [1.165, 1.54) is 44.1 Å². The Balaban J connectivity index is 1.88. The Morgan fingerprint density at radius 2 is 2.05 bits per heavy atom. The van der Waals surface area contributed by atoms with Crippen molar-refractivity contribution in [1.29, 1.82) is 0 Å². The van der Waals surface area contributed by atoms with Gasteiger partial charge in [0.2, 0.25) is 0 Å². The lowest BCUT2D eigenvalue weighted by Gasteiger charge is -2.23. The smallest absolute Gasteiger partial charge is 0.133 e. The van der Waals surface area contributed by atoms with Gasteiger partial charge < -0.3 is 10.5 Å². The SMILES string of the molecule is CCOc1ccc(C(N)CCC2CCCCC2)cc1Br. The highest BCUT2D eigenvalue weighted by Crippen LogP contribution is 2.32. The van der Waals surface area contributed by atoms with Crippen LogP contribution in [0.1, 0.15) is 63.5 Å². The monoisotopic (exact) mass is 339 g/mol. The fraction of sp³-hybridized carbons (Fsp3) is 0.647. The third kappa shape index (κ3) is 4.49. The minimum absolute atomic E-state index is 0.143. The first-order chi connectivity index (χ1) is 9.70. The van der Waals surface area contributed by atoms with Crippen LogP contribution in [0.5, 0.6) is 5.75 Å². The number of benzene rings is 1. The minimum atomic E-state index is 0.143. The Bertz CT molecular complexity index is 415. The van der Waals surface area contributed by atoms with Crippen LogP contribution in [0.15, 0.2) is 22.7 Å². The van der Waals surface area contributed by atoms with Gasteiger partial charge in [-0.1, -0.05) is 38.2 Å². The average Bonchev–Trinajstić information content (AvgIpc) is 2.48. The molecule has 0 radical (unpaired) electrons. The molecule has 1 aromatic rings. The zero-order chi connectivity index (χ0) is 14.4. The van der Waals surface area contributed by atoms with Crippen molar-refractivity contribution < 1.29 is 4.74 Å². The molecule has 0 saturated heterocycles. The zero-order valence-corrected chi connectivity index (χ0v) is 14.0. The maximum atomic E-state index is 6.34. The number of hydrogen-bond acceptors (Lipinski definition) is 2. The first-order valence-electron chi connectivity index (χ1n) is 7.88. The van der Waals surface area contributed by atoms with Crippen LogP contribution < -0.4 is 10.5 Å². The van der Waals surface area contributed by atoms with E-state index in [1.54, 1.807) is 0 Å². The third-order valence-electron chi connectivity index (χ3n) is 4.29. The van der Waals surface area contributed by atoms with E-state index in [0.29, 0.717) is 6.61 Å². The lowest BCUT2D eigenvalue weighted by Crippen LogP contribution is -2.14. The van der Waals surface area contributed by atoms with E-state index in [-0.39, 0.29) is 6.04 Å².